The number of ether oxygens (including phenoxy) is 2. The second-order valence-electron chi connectivity index (χ2n) is 4.55. The molecule has 6 heteroatoms. The summed E-state index contributed by atoms with van der Waals surface area (Å²) in [6, 6.07) is 5.45. The zero-order valence-corrected chi connectivity index (χ0v) is 11.8. The highest BCUT2D eigenvalue weighted by Gasteiger charge is 2.15. The second-order valence-corrected chi connectivity index (χ2v) is 4.55. The first-order valence-electron chi connectivity index (χ1n) is 6.59. The number of fused-ring (bicyclic) bond motifs is 1. The molecule has 1 aromatic carbocycles. The number of nitroso groups, excluding NO2 is 1. The van der Waals surface area contributed by atoms with Gasteiger partial charge in [-0.15, -0.1) is 4.91 Å². The molecule has 0 aliphatic carbocycles. The molecule has 0 bridgehead atoms. The van der Waals surface area contributed by atoms with Gasteiger partial charge in [-0.1, -0.05) is 6.07 Å². The van der Waals surface area contributed by atoms with Gasteiger partial charge in [0.25, 0.3) is 0 Å². The first kappa shape index (κ1) is 14.6. The lowest BCUT2D eigenvalue weighted by Gasteiger charge is -2.17. The molecule has 20 heavy (non-hydrogen) atoms. The predicted molar refractivity (Wildman–Crippen MR) is 77.4 cm³/mol. The number of hydrogen-bond donors (Lipinski definition) is 1. The topological polar surface area (TPSA) is 72.3 Å². The van der Waals surface area contributed by atoms with Crippen LogP contribution in [0.2, 0.25) is 0 Å². The van der Waals surface area contributed by atoms with Crippen LogP contribution in [0.4, 0.5) is 5.69 Å². The van der Waals surface area contributed by atoms with Crippen molar-refractivity contribution in [3.63, 3.8) is 0 Å². The van der Waals surface area contributed by atoms with Crippen molar-refractivity contribution in [3.05, 3.63) is 34.2 Å². The molecule has 0 unspecified atom stereocenters. The number of amidine groups is 1. The smallest absolute Gasteiger partial charge is 0.173 e. The van der Waals surface area contributed by atoms with Crippen LogP contribution in [0.3, 0.4) is 0 Å². The lowest BCUT2D eigenvalue weighted by atomic mass is 10.0. The van der Waals surface area contributed by atoms with E-state index in [1.54, 1.807) is 26.4 Å². The zero-order valence-electron chi connectivity index (χ0n) is 11.8. The van der Waals surface area contributed by atoms with Gasteiger partial charge >= 0.3 is 0 Å². The highest BCUT2D eigenvalue weighted by Crippen LogP contribution is 2.21. The van der Waals surface area contributed by atoms with Gasteiger partial charge in [-0.05, 0) is 35.7 Å². The Bertz CT molecular complexity index is 498. The van der Waals surface area contributed by atoms with Crippen LogP contribution in [-0.2, 0) is 15.9 Å². The summed E-state index contributed by atoms with van der Waals surface area (Å²) in [4.78, 5) is 15.2. The Morgan fingerprint density at radius 1 is 1.40 bits per heavy atom. The lowest BCUT2D eigenvalue weighted by molar-refractivity contribution is -0.0965. The monoisotopic (exact) mass is 277 g/mol. The fourth-order valence-electron chi connectivity index (χ4n) is 2.20. The molecule has 108 valence electrons. The van der Waals surface area contributed by atoms with Crippen LogP contribution >= 0.6 is 0 Å². The summed E-state index contributed by atoms with van der Waals surface area (Å²) < 4.78 is 10.3. The number of hydrogen-bond acceptors (Lipinski definition) is 6. The minimum absolute atomic E-state index is 0.336. The molecule has 2 rings (SSSR count). The van der Waals surface area contributed by atoms with E-state index in [4.69, 9.17) is 9.47 Å². The standard InChI is InChI=1S/C14H19N3O3/c1-19-13(20-2)9-16-14-12-8-11(17-18)6-5-10(12)4-3-7-15-14/h5-6,8,13H,3-4,7,9H2,1-2H3,(H,15,16). The highest BCUT2D eigenvalue weighted by molar-refractivity contribution is 6.01. The van der Waals surface area contributed by atoms with Crippen molar-refractivity contribution in [2.75, 3.05) is 27.3 Å². The van der Waals surface area contributed by atoms with Gasteiger partial charge in [-0.3, -0.25) is 4.99 Å². The fourth-order valence-corrected chi connectivity index (χ4v) is 2.20. The van der Waals surface area contributed by atoms with Gasteiger partial charge in [-0.25, -0.2) is 0 Å². The molecule has 6 nitrogen and oxygen atoms in total. The quantitative estimate of drug-likeness (QED) is 0.660. The summed E-state index contributed by atoms with van der Waals surface area (Å²) in [5, 5.41) is 6.22. The minimum Gasteiger partial charge on any atom is -0.365 e. The van der Waals surface area contributed by atoms with E-state index >= 15 is 0 Å². The molecular formula is C14H19N3O3. The van der Waals surface area contributed by atoms with Gasteiger partial charge in [0.05, 0.1) is 6.54 Å². The molecule has 1 heterocycles. The molecule has 0 radical (unpaired) electrons. The van der Waals surface area contributed by atoms with E-state index in [2.05, 4.69) is 15.5 Å². The number of nitrogens with one attached hydrogen (secondary N) is 1. The van der Waals surface area contributed by atoms with Crippen molar-refractivity contribution in [3.8, 4) is 0 Å². The average Bonchev–Trinajstić information content (AvgIpc) is 2.70. The maximum atomic E-state index is 10.7. The maximum Gasteiger partial charge on any atom is 0.173 e. The molecule has 1 aromatic rings. The summed E-state index contributed by atoms with van der Waals surface area (Å²) in [6.45, 7) is 1.25. The van der Waals surface area contributed by atoms with Crippen molar-refractivity contribution < 1.29 is 9.47 Å². The molecule has 0 amide bonds. The molecular weight excluding hydrogens is 258 g/mol. The van der Waals surface area contributed by atoms with E-state index in [0.717, 1.165) is 30.8 Å². The van der Waals surface area contributed by atoms with E-state index < -0.39 is 0 Å². The lowest BCUT2D eigenvalue weighted by Crippen LogP contribution is -2.35. The first-order chi connectivity index (χ1) is 9.78. The Labute approximate surface area is 118 Å². The SMILES string of the molecule is COC(CNC1=NCCCc2ccc(N=O)cc21)OC. The fraction of sp³-hybridized carbons (Fsp3) is 0.500. The van der Waals surface area contributed by atoms with Crippen LogP contribution in [0.15, 0.2) is 28.4 Å². The summed E-state index contributed by atoms with van der Waals surface area (Å²) in [5.41, 5.74) is 2.52. The van der Waals surface area contributed by atoms with Gasteiger partial charge in [0, 0.05) is 26.3 Å². The number of benzene rings is 1. The van der Waals surface area contributed by atoms with E-state index in [-0.39, 0.29) is 6.29 Å². The van der Waals surface area contributed by atoms with Crippen LogP contribution in [-0.4, -0.2) is 39.4 Å². The highest BCUT2D eigenvalue weighted by atomic mass is 16.7. The van der Waals surface area contributed by atoms with Crippen LogP contribution in [0.25, 0.3) is 0 Å². The molecule has 1 aliphatic rings. The molecule has 1 N–H and O–H groups in total. The van der Waals surface area contributed by atoms with Gasteiger partial charge in [-0.2, -0.15) is 0 Å². The number of nitrogens with zero attached hydrogens (tertiary/aromatic N) is 2. The largest absolute Gasteiger partial charge is 0.365 e. The Morgan fingerprint density at radius 3 is 2.90 bits per heavy atom. The summed E-state index contributed by atoms with van der Waals surface area (Å²) >= 11 is 0. The Morgan fingerprint density at radius 2 is 2.20 bits per heavy atom. The van der Waals surface area contributed by atoms with Gasteiger partial charge in [0.2, 0.25) is 0 Å². The minimum atomic E-state index is -0.336. The molecule has 0 saturated carbocycles. The third-order valence-corrected chi connectivity index (χ3v) is 3.29. The average molecular weight is 277 g/mol. The molecule has 0 spiro atoms. The van der Waals surface area contributed by atoms with Crippen molar-refractivity contribution in [1.29, 1.82) is 0 Å². The van der Waals surface area contributed by atoms with E-state index in [0.29, 0.717) is 12.2 Å². The Hall–Kier alpha value is -1.79. The molecule has 1 aliphatic heterocycles. The molecule has 0 fully saturated rings. The summed E-state index contributed by atoms with van der Waals surface area (Å²) in [5.74, 6) is 0.766. The van der Waals surface area contributed by atoms with Crippen molar-refractivity contribution in [1.82, 2.24) is 5.32 Å². The van der Waals surface area contributed by atoms with Crippen LogP contribution in [0.5, 0.6) is 0 Å². The number of aliphatic imine (C=N–C) groups is 1. The maximum absolute atomic E-state index is 10.7. The predicted octanol–water partition coefficient (Wildman–Crippen LogP) is 1.99. The van der Waals surface area contributed by atoms with Gasteiger partial charge < -0.3 is 14.8 Å². The summed E-state index contributed by atoms with van der Waals surface area (Å²) in [6.07, 6.45) is 1.60. The third-order valence-electron chi connectivity index (χ3n) is 3.29. The molecule has 0 saturated heterocycles. The van der Waals surface area contributed by atoms with Crippen molar-refractivity contribution in [2.45, 2.75) is 19.1 Å². The van der Waals surface area contributed by atoms with E-state index in [1.165, 1.54) is 5.56 Å². The van der Waals surface area contributed by atoms with Crippen molar-refractivity contribution >= 4 is 11.5 Å². The molecule has 0 aromatic heterocycles. The van der Waals surface area contributed by atoms with Crippen molar-refractivity contribution in [2.24, 2.45) is 10.2 Å². The normalized spacial score (nSPS) is 14.4. The Kier molecular flexibility index (Phi) is 5.20. The first-order valence-corrected chi connectivity index (χ1v) is 6.59. The van der Waals surface area contributed by atoms with Crippen LogP contribution < -0.4 is 5.32 Å². The van der Waals surface area contributed by atoms with Crippen LogP contribution in [0, 0.1) is 4.91 Å². The second kappa shape index (κ2) is 7.12. The Balaban J connectivity index is 2.21. The van der Waals surface area contributed by atoms with Gasteiger partial charge in [0.15, 0.2) is 6.29 Å². The van der Waals surface area contributed by atoms with Crippen LogP contribution in [0.1, 0.15) is 17.5 Å². The van der Waals surface area contributed by atoms with E-state index in [9.17, 15) is 4.91 Å². The summed E-state index contributed by atoms with van der Waals surface area (Å²) in [7, 11) is 3.18. The number of rotatable bonds is 5. The third kappa shape index (κ3) is 3.40. The van der Waals surface area contributed by atoms with Gasteiger partial charge in [0.1, 0.15) is 11.5 Å². The zero-order chi connectivity index (χ0) is 14.4. The van der Waals surface area contributed by atoms with E-state index in [1.807, 2.05) is 6.07 Å². The number of methoxy groups -OCH3 is 2. The number of aryl methyl sites for hydroxylation is 1. The molecule has 0 atom stereocenters.